The van der Waals surface area contributed by atoms with Crippen LogP contribution in [0.15, 0.2) is 18.2 Å². The van der Waals surface area contributed by atoms with Gasteiger partial charge in [0, 0.05) is 45.2 Å². The van der Waals surface area contributed by atoms with Gasteiger partial charge in [-0.1, -0.05) is 17.7 Å². The van der Waals surface area contributed by atoms with Crippen molar-refractivity contribution in [1.29, 1.82) is 0 Å². The quantitative estimate of drug-likeness (QED) is 0.770. The van der Waals surface area contributed by atoms with Gasteiger partial charge in [-0.05, 0) is 32.4 Å². The van der Waals surface area contributed by atoms with Gasteiger partial charge < -0.3 is 14.7 Å². The molecule has 1 aromatic rings. The molecule has 0 aromatic heterocycles. The molecule has 2 aliphatic heterocycles. The first-order valence-corrected chi connectivity index (χ1v) is 9.99. The molecule has 6 nitrogen and oxygen atoms in total. The second kappa shape index (κ2) is 8.47. The average Bonchev–Trinajstić information content (AvgIpc) is 2.87. The number of hydrogen-bond donors (Lipinski definition) is 0. The van der Waals surface area contributed by atoms with E-state index in [1.165, 1.54) is 23.1 Å². The van der Waals surface area contributed by atoms with Crippen LogP contribution in [0.4, 0.5) is 4.39 Å². The molecule has 1 unspecified atom stereocenters. The van der Waals surface area contributed by atoms with Crippen LogP contribution in [0.5, 0.6) is 0 Å². The molecule has 1 atom stereocenters. The lowest BCUT2D eigenvalue weighted by Crippen LogP contribution is -2.41. The summed E-state index contributed by atoms with van der Waals surface area (Å²) in [6.07, 6.45) is 0.832. The summed E-state index contributed by atoms with van der Waals surface area (Å²) in [6, 6.07) is 4.24. The summed E-state index contributed by atoms with van der Waals surface area (Å²) < 4.78 is 14.1. The Hall–Kier alpha value is -2.15. The van der Waals surface area contributed by atoms with Crippen LogP contribution in [0.3, 0.4) is 0 Å². The Balaban J connectivity index is 1.64. The lowest BCUT2D eigenvalue weighted by atomic mass is 10.1. The number of rotatable bonds is 3. The highest BCUT2D eigenvalue weighted by Gasteiger charge is 2.38. The van der Waals surface area contributed by atoms with E-state index >= 15 is 0 Å². The molecule has 3 rings (SSSR count). The van der Waals surface area contributed by atoms with E-state index in [0.717, 1.165) is 0 Å². The fourth-order valence-corrected chi connectivity index (χ4v) is 4.10. The van der Waals surface area contributed by atoms with Gasteiger partial charge in [0.1, 0.15) is 5.82 Å². The van der Waals surface area contributed by atoms with Crippen LogP contribution in [0.1, 0.15) is 37.0 Å². The van der Waals surface area contributed by atoms with E-state index in [9.17, 15) is 18.8 Å². The summed E-state index contributed by atoms with van der Waals surface area (Å²) in [4.78, 5) is 42.7. The van der Waals surface area contributed by atoms with Crippen LogP contribution in [-0.4, -0.2) is 71.2 Å². The van der Waals surface area contributed by atoms with Gasteiger partial charge >= 0.3 is 0 Å². The molecule has 28 heavy (non-hydrogen) atoms. The predicted molar refractivity (Wildman–Crippen MR) is 103 cm³/mol. The number of halogens is 2. The minimum atomic E-state index is -0.645. The smallest absolute Gasteiger partial charge is 0.258 e. The zero-order chi connectivity index (χ0) is 20.4. The first kappa shape index (κ1) is 20.6. The van der Waals surface area contributed by atoms with E-state index in [4.69, 9.17) is 11.6 Å². The largest absolute Gasteiger partial charge is 0.341 e. The molecule has 0 aliphatic carbocycles. The molecule has 152 valence electrons. The second-order valence-corrected chi connectivity index (χ2v) is 8.02. The van der Waals surface area contributed by atoms with Gasteiger partial charge in [0.25, 0.3) is 5.91 Å². The van der Waals surface area contributed by atoms with Crippen molar-refractivity contribution in [3.05, 3.63) is 34.6 Å². The van der Waals surface area contributed by atoms with Gasteiger partial charge in [-0.25, -0.2) is 4.39 Å². The molecule has 2 fully saturated rings. The molecule has 8 heteroatoms. The number of carbonyl (C=O) groups is 3. The van der Waals surface area contributed by atoms with Crippen molar-refractivity contribution in [1.82, 2.24) is 14.7 Å². The molecular formula is C20H25ClFN3O3. The molecule has 3 amide bonds. The molecule has 2 heterocycles. The summed E-state index contributed by atoms with van der Waals surface area (Å²) in [5, 5.41) is 0.0837. The van der Waals surface area contributed by atoms with E-state index in [0.29, 0.717) is 39.1 Å². The Bertz CT molecular complexity index is 766. The summed E-state index contributed by atoms with van der Waals surface area (Å²) >= 11 is 6.01. The Labute approximate surface area is 169 Å². The monoisotopic (exact) mass is 409 g/mol. The minimum Gasteiger partial charge on any atom is -0.341 e. The first-order chi connectivity index (χ1) is 13.3. The highest BCUT2D eigenvalue weighted by molar-refractivity contribution is 6.33. The molecule has 0 N–H and O–H groups in total. The maximum absolute atomic E-state index is 14.1. The van der Waals surface area contributed by atoms with Crippen molar-refractivity contribution in [2.75, 3.05) is 32.7 Å². The van der Waals surface area contributed by atoms with Gasteiger partial charge in [0.05, 0.1) is 16.5 Å². The van der Waals surface area contributed by atoms with E-state index in [1.54, 1.807) is 9.80 Å². The Morgan fingerprint density at radius 1 is 1.14 bits per heavy atom. The molecule has 0 spiro atoms. The van der Waals surface area contributed by atoms with E-state index in [2.05, 4.69) is 0 Å². The Morgan fingerprint density at radius 2 is 1.82 bits per heavy atom. The number of amides is 3. The summed E-state index contributed by atoms with van der Waals surface area (Å²) in [6.45, 7) is 5.93. The van der Waals surface area contributed by atoms with Crippen LogP contribution >= 0.6 is 11.6 Å². The number of hydrogen-bond acceptors (Lipinski definition) is 3. The van der Waals surface area contributed by atoms with Crippen LogP contribution < -0.4 is 0 Å². The van der Waals surface area contributed by atoms with Crippen molar-refractivity contribution >= 4 is 29.3 Å². The molecule has 1 aromatic carbocycles. The maximum atomic E-state index is 14.1. The summed E-state index contributed by atoms with van der Waals surface area (Å²) in [5.74, 6) is -1.48. The molecule has 2 saturated heterocycles. The zero-order valence-corrected chi connectivity index (χ0v) is 16.9. The van der Waals surface area contributed by atoms with Crippen LogP contribution in [-0.2, 0) is 9.59 Å². The third-order valence-electron chi connectivity index (χ3n) is 5.40. The third kappa shape index (κ3) is 4.14. The van der Waals surface area contributed by atoms with Crippen LogP contribution in [0, 0.1) is 11.7 Å². The number of likely N-dealkylation sites (tertiary alicyclic amines) is 1. The van der Waals surface area contributed by atoms with Gasteiger partial charge in [0.2, 0.25) is 11.8 Å². The Kier molecular flexibility index (Phi) is 6.23. The van der Waals surface area contributed by atoms with Gasteiger partial charge in [0.15, 0.2) is 0 Å². The first-order valence-electron chi connectivity index (χ1n) is 9.61. The lowest BCUT2D eigenvalue weighted by Gasteiger charge is -2.25. The average molecular weight is 410 g/mol. The summed E-state index contributed by atoms with van der Waals surface area (Å²) in [5.41, 5.74) is -0.127. The maximum Gasteiger partial charge on any atom is 0.258 e. The van der Waals surface area contributed by atoms with Crippen molar-refractivity contribution in [2.24, 2.45) is 5.92 Å². The molecule has 0 radical (unpaired) electrons. The number of carbonyl (C=O) groups excluding carboxylic acids is 3. The lowest BCUT2D eigenvalue weighted by molar-refractivity contribution is -0.135. The summed E-state index contributed by atoms with van der Waals surface area (Å²) in [7, 11) is 0. The van der Waals surface area contributed by atoms with Crippen molar-refractivity contribution in [3.8, 4) is 0 Å². The molecule has 0 bridgehead atoms. The SMILES string of the molecule is CC(C)N1CC(C(=O)N2CCCN(C(=O)c3c(F)cccc3Cl)CC2)CC1=O. The van der Waals surface area contributed by atoms with Gasteiger partial charge in [-0.15, -0.1) is 0 Å². The number of benzene rings is 1. The fourth-order valence-electron chi connectivity index (χ4n) is 3.86. The molecule has 2 aliphatic rings. The number of nitrogens with zero attached hydrogens (tertiary/aromatic N) is 3. The van der Waals surface area contributed by atoms with Gasteiger partial charge in [-0.2, -0.15) is 0 Å². The molecular weight excluding hydrogens is 385 g/mol. The van der Waals surface area contributed by atoms with Crippen molar-refractivity contribution in [2.45, 2.75) is 32.7 Å². The second-order valence-electron chi connectivity index (χ2n) is 7.61. The normalized spacial score (nSPS) is 20.7. The van der Waals surface area contributed by atoms with Crippen molar-refractivity contribution in [3.63, 3.8) is 0 Å². The minimum absolute atomic E-state index is 0.00849. The predicted octanol–water partition coefficient (Wildman–Crippen LogP) is 2.41. The fraction of sp³-hybridized carbons (Fsp3) is 0.550. The highest BCUT2D eigenvalue weighted by atomic mass is 35.5. The van der Waals surface area contributed by atoms with Crippen LogP contribution in [0.25, 0.3) is 0 Å². The standard InChI is InChI=1S/C20H25ClFN3O3/c1-13(2)25-12-14(11-17(25)26)19(27)23-7-4-8-24(10-9-23)20(28)18-15(21)5-3-6-16(18)22/h3,5-6,13-14H,4,7-12H2,1-2H3. The topological polar surface area (TPSA) is 60.9 Å². The van der Waals surface area contributed by atoms with E-state index in [1.807, 2.05) is 13.8 Å². The highest BCUT2D eigenvalue weighted by Crippen LogP contribution is 2.24. The van der Waals surface area contributed by atoms with Crippen molar-refractivity contribution < 1.29 is 18.8 Å². The zero-order valence-electron chi connectivity index (χ0n) is 16.2. The van der Waals surface area contributed by atoms with Crippen LogP contribution in [0.2, 0.25) is 5.02 Å². The third-order valence-corrected chi connectivity index (χ3v) is 5.72. The Morgan fingerprint density at radius 3 is 2.46 bits per heavy atom. The van der Waals surface area contributed by atoms with E-state index in [-0.39, 0.29) is 40.8 Å². The van der Waals surface area contributed by atoms with Gasteiger partial charge in [-0.3, -0.25) is 14.4 Å². The molecule has 0 saturated carbocycles. The van der Waals surface area contributed by atoms with E-state index < -0.39 is 11.7 Å².